The van der Waals surface area contributed by atoms with Crippen LogP contribution in [0.5, 0.6) is 0 Å². The van der Waals surface area contributed by atoms with Crippen molar-refractivity contribution in [1.29, 1.82) is 0 Å². The van der Waals surface area contributed by atoms with Gasteiger partial charge in [-0.25, -0.2) is 4.39 Å². The normalized spacial score (nSPS) is 12.8. The molecule has 0 spiro atoms. The molecule has 2 aromatic carbocycles. The predicted octanol–water partition coefficient (Wildman–Crippen LogP) is 5.08. The molecule has 0 radical (unpaired) electrons. The van der Waals surface area contributed by atoms with Crippen molar-refractivity contribution in [2.75, 3.05) is 0 Å². The van der Waals surface area contributed by atoms with Gasteiger partial charge in [-0.05, 0) is 41.3 Å². The fourth-order valence-electron chi connectivity index (χ4n) is 2.18. The fourth-order valence-corrected chi connectivity index (χ4v) is 3.63. The number of hydrogen-bond donors (Lipinski definition) is 1. The number of aliphatic hydroxyl groups excluding tert-OH is 1. The highest BCUT2D eigenvalue weighted by Crippen LogP contribution is 2.32. The Labute approximate surface area is 128 Å². The summed E-state index contributed by atoms with van der Waals surface area (Å²) in [6.45, 7) is 0. The lowest BCUT2D eigenvalue weighted by molar-refractivity contribution is 0.181. The lowest BCUT2D eigenvalue weighted by atomic mass is 10.1. The van der Waals surface area contributed by atoms with Crippen LogP contribution < -0.4 is 0 Å². The zero-order chi connectivity index (χ0) is 14.1. The van der Waals surface area contributed by atoms with Crippen molar-refractivity contribution in [3.05, 3.63) is 69.3 Å². The summed E-state index contributed by atoms with van der Waals surface area (Å²) >= 11 is 4.88. The average molecular weight is 351 g/mol. The van der Waals surface area contributed by atoms with E-state index in [1.807, 2.05) is 30.3 Å². The Bertz CT molecular complexity index is 720. The van der Waals surface area contributed by atoms with Crippen LogP contribution in [0.25, 0.3) is 10.1 Å². The maximum atomic E-state index is 13.7. The molecule has 1 N–H and O–H groups in total. The molecule has 102 valence electrons. The zero-order valence-electron chi connectivity index (χ0n) is 10.5. The molecule has 1 unspecified atom stereocenters. The molecule has 20 heavy (non-hydrogen) atoms. The standard InChI is InChI=1S/C16H12BrFOS/c17-12-5-6-13(18)11(7-12)8-14(19)16-9-10-3-1-2-4-15(10)20-16/h1-7,9,14,19H,8H2. The van der Waals surface area contributed by atoms with Crippen molar-refractivity contribution in [1.82, 2.24) is 0 Å². The summed E-state index contributed by atoms with van der Waals surface area (Å²) in [5.74, 6) is -0.284. The van der Waals surface area contributed by atoms with Gasteiger partial charge in [0.1, 0.15) is 5.82 Å². The molecule has 0 amide bonds. The van der Waals surface area contributed by atoms with Crippen molar-refractivity contribution in [3.63, 3.8) is 0 Å². The second-order valence-corrected chi connectivity index (χ2v) is 6.67. The fraction of sp³-hybridized carbons (Fsp3) is 0.125. The molecular weight excluding hydrogens is 339 g/mol. The van der Waals surface area contributed by atoms with Gasteiger partial charge in [0, 0.05) is 20.5 Å². The van der Waals surface area contributed by atoms with Gasteiger partial charge in [-0.15, -0.1) is 11.3 Å². The third-order valence-corrected chi connectivity index (χ3v) is 4.90. The first-order valence-electron chi connectivity index (χ1n) is 6.24. The number of halogens is 2. The van der Waals surface area contributed by atoms with Crippen molar-refractivity contribution >= 4 is 37.4 Å². The maximum absolute atomic E-state index is 13.7. The lowest BCUT2D eigenvalue weighted by Crippen LogP contribution is -2.01. The molecule has 0 saturated heterocycles. The van der Waals surface area contributed by atoms with Crippen molar-refractivity contribution < 1.29 is 9.50 Å². The van der Waals surface area contributed by atoms with Crippen LogP contribution in [0.2, 0.25) is 0 Å². The molecule has 0 aliphatic heterocycles. The minimum Gasteiger partial charge on any atom is -0.387 e. The smallest absolute Gasteiger partial charge is 0.126 e. The third kappa shape index (κ3) is 2.77. The first-order chi connectivity index (χ1) is 9.63. The van der Waals surface area contributed by atoms with E-state index in [9.17, 15) is 9.50 Å². The van der Waals surface area contributed by atoms with Gasteiger partial charge in [-0.1, -0.05) is 34.1 Å². The first-order valence-corrected chi connectivity index (χ1v) is 7.85. The Balaban J connectivity index is 1.88. The summed E-state index contributed by atoms with van der Waals surface area (Å²) in [7, 11) is 0. The highest BCUT2D eigenvalue weighted by Gasteiger charge is 2.14. The minimum absolute atomic E-state index is 0.276. The summed E-state index contributed by atoms with van der Waals surface area (Å²) in [5, 5.41) is 11.4. The van der Waals surface area contributed by atoms with Crippen LogP contribution in [0.1, 0.15) is 16.5 Å². The second kappa shape index (κ2) is 5.64. The highest BCUT2D eigenvalue weighted by atomic mass is 79.9. The van der Waals surface area contributed by atoms with E-state index in [1.54, 1.807) is 23.5 Å². The molecule has 1 atom stereocenters. The molecule has 0 aliphatic carbocycles. The SMILES string of the molecule is OC(Cc1cc(Br)ccc1F)c1cc2ccccc2s1. The molecule has 4 heteroatoms. The summed E-state index contributed by atoms with van der Waals surface area (Å²) < 4.78 is 15.7. The molecule has 1 nitrogen and oxygen atoms in total. The summed E-state index contributed by atoms with van der Waals surface area (Å²) in [4.78, 5) is 0.866. The number of fused-ring (bicyclic) bond motifs is 1. The Kier molecular flexibility index (Phi) is 3.87. The van der Waals surface area contributed by atoms with Gasteiger partial charge in [-0.3, -0.25) is 0 Å². The summed E-state index contributed by atoms with van der Waals surface area (Å²) in [6, 6.07) is 14.7. The van der Waals surface area contributed by atoms with Crippen molar-refractivity contribution in [3.8, 4) is 0 Å². The number of aliphatic hydroxyl groups is 1. The van der Waals surface area contributed by atoms with Crippen LogP contribution in [-0.4, -0.2) is 5.11 Å². The molecule has 1 heterocycles. The molecule has 0 fully saturated rings. The quantitative estimate of drug-likeness (QED) is 0.698. The summed E-state index contributed by atoms with van der Waals surface area (Å²) in [5.41, 5.74) is 0.518. The second-order valence-electron chi connectivity index (χ2n) is 4.64. The number of thiophene rings is 1. The molecule has 0 bridgehead atoms. The molecule has 3 rings (SSSR count). The first kappa shape index (κ1) is 13.7. The average Bonchev–Trinajstić information content (AvgIpc) is 2.87. The van der Waals surface area contributed by atoms with E-state index in [1.165, 1.54) is 6.07 Å². The van der Waals surface area contributed by atoms with E-state index in [2.05, 4.69) is 15.9 Å². The van der Waals surface area contributed by atoms with Crippen LogP contribution in [0.15, 0.2) is 53.0 Å². The van der Waals surface area contributed by atoms with Crippen LogP contribution in [0, 0.1) is 5.82 Å². The van der Waals surface area contributed by atoms with Gasteiger partial charge in [0.25, 0.3) is 0 Å². The largest absolute Gasteiger partial charge is 0.387 e. The molecule has 0 aliphatic rings. The van der Waals surface area contributed by atoms with E-state index in [4.69, 9.17) is 0 Å². The lowest BCUT2D eigenvalue weighted by Gasteiger charge is -2.09. The number of hydrogen-bond acceptors (Lipinski definition) is 2. The van der Waals surface area contributed by atoms with E-state index in [0.29, 0.717) is 5.56 Å². The Hall–Kier alpha value is -1.23. The van der Waals surface area contributed by atoms with Gasteiger partial charge in [-0.2, -0.15) is 0 Å². The van der Waals surface area contributed by atoms with Gasteiger partial charge >= 0.3 is 0 Å². The van der Waals surface area contributed by atoms with Gasteiger partial charge in [0.05, 0.1) is 6.10 Å². The van der Waals surface area contributed by atoms with Gasteiger partial charge < -0.3 is 5.11 Å². The monoisotopic (exact) mass is 350 g/mol. The van der Waals surface area contributed by atoms with Crippen molar-refractivity contribution in [2.45, 2.75) is 12.5 Å². The zero-order valence-corrected chi connectivity index (χ0v) is 12.9. The van der Waals surface area contributed by atoms with Crippen LogP contribution in [0.4, 0.5) is 4.39 Å². The van der Waals surface area contributed by atoms with Gasteiger partial charge in [0.2, 0.25) is 0 Å². The molecule has 3 aromatic rings. The van der Waals surface area contributed by atoms with E-state index in [0.717, 1.165) is 19.4 Å². The van der Waals surface area contributed by atoms with Gasteiger partial charge in [0.15, 0.2) is 0 Å². The van der Waals surface area contributed by atoms with Crippen LogP contribution >= 0.6 is 27.3 Å². The number of rotatable bonds is 3. The Morgan fingerprint density at radius 2 is 1.95 bits per heavy atom. The third-order valence-electron chi connectivity index (χ3n) is 3.19. The van der Waals surface area contributed by atoms with Crippen molar-refractivity contribution in [2.24, 2.45) is 0 Å². The Morgan fingerprint density at radius 3 is 2.75 bits per heavy atom. The van der Waals surface area contributed by atoms with Crippen LogP contribution in [-0.2, 0) is 6.42 Å². The molecular formula is C16H12BrFOS. The Morgan fingerprint density at radius 1 is 1.15 bits per heavy atom. The number of benzene rings is 2. The van der Waals surface area contributed by atoms with E-state index < -0.39 is 6.10 Å². The minimum atomic E-state index is -0.684. The maximum Gasteiger partial charge on any atom is 0.126 e. The van der Waals surface area contributed by atoms with E-state index >= 15 is 0 Å². The molecule has 0 saturated carbocycles. The summed E-state index contributed by atoms with van der Waals surface area (Å²) in [6.07, 6.45) is -0.408. The molecule has 1 aromatic heterocycles. The topological polar surface area (TPSA) is 20.2 Å². The predicted molar refractivity (Wildman–Crippen MR) is 84.6 cm³/mol. The van der Waals surface area contributed by atoms with E-state index in [-0.39, 0.29) is 12.2 Å². The van der Waals surface area contributed by atoms with Crippen LogP contribution in [0.3, 0.4) is 0 Å². The highest BCUT2D eigenvalue weighted by molar-refractivity contribution is 9.10.